The molecular formula is C16H24O3. The summed E-state index contributed by atoms with van der Waals surface area (Å²) in [7, 11) is 0. The summed E-state index contributed by atoms with van der Waals surface area (Å²) in [4.78, 5) is 22.1. The molecule has 0 heterocycles. The minimum atomic E-state index is -0.729. The summed E-state index contributed by atoms with van der Waals surface area (Å²) in [5.41, 5.74) is 0.951. The number of hydrogen-bond donors (Lipinski definition) is 1. The Morgan fingerprint density at radius 3 is 2.79 bits per heavy atom. The van der Waals surface area contributed by atoms with Gasteiger partial charge in [0.2, 0.25) is 0 Å². The number of hydrogen-bond acceptors (Lipinski definition) is 2. The van der Waals surface area contributed by atoms with E-state index in [9.17, 15) is 9.59 Å². The van der Waals surface area contributed by atoms with Crippen molar-refractivity contribution in [2.75, 3.05) is 0 Å². The van der Waals surface area contributed by atoms with Crippen LogP contribution in [0.25, 0.3) is 0 Å². The van der Waals surface area contributed by atoms with Crippen molar-refractivity contribution in [1.82, 2.24) is 0 Å². The van der Waals surface area contributed by atoms with Gasteiger partial charge in [-0.1, -0.05) is 38.3 Å². The zero-order valence-electron chi connectivity index (χ0n) is 11.7. The van der Waals surface area contributed by atoms with Crippen molar-refractivity contribution in [1.29, 1.82) is 0 Å². The van der Waals surface area contributed by atoms with Crippen molar-refractivity contribution in [3.63, 3.8) is 0 Å². The van der Waals surface area contributed by atoms with Crippen LogP contribution in [-0.4, -0.2) is 16.9 Å². The average molecular weight is 264 g/mol. The molecule has 19 heavy (non-hydrogen) atoms. The van der Waals surface area contributed by atoms with Crippen molar-refractivity contribution in [2.24, 2.45) is 5.92 Å². The highest BCUT2D eigenvalue weighted by Crippen LogP contribution is 2.27. The van der Waals surface area contributed by atoms with E-state index in [-0.39, 0.29) is 12.2 Å². The fourth-order valence-electron chi connectivity index (χ4n) is 2.37. The van der Waals surface area contributed by atoms with E-state index in [4.69, 9.17) is 5.11 Å². The molecule has 0 aliphatic heterocycles. The van der Waals surface area contributed by atoms with Gasteiger partial charge in [-0.05, 0) is 31.8 Å². The second-order valence-electron chi connectivity index (χ2n) is 5.12. The second kappa shape index (κ2) is 8.68. The third kappa shape index (κ3) is 5.86. The Labute approximate surface area is 115 Å². The quantitative estimate of drug-likeness (QED) is 0.507. The summed E-state index contributed by atoms with van der Waals surface area (Å²) in [6.45, 7) is 2.16. The largest absolute Gasteiger partial charge is 0.481 e. The summed E-state index contributed by atoms with van der Waals surface area (Å²) in [6.07, 6.45) is 12.9. The van der Waals surface area contributed by atoms with Crippen LogP contribution in [0.15, 0.2) is 23.8 Å². The molecule has 0 amide bonds. The van der Waals surface area contributed by atoms with E-state index in [1.54, 1.807) is 6.08 Å². The maximum Gasteiger partial charge on any atom is 0.303 e. The van der Waals surface area contributed by atoms with Crippen molar-refractivity contribution in [3.8, 4) is 0 Å². The lowest BCUT2D eigenvalue weighted by molar-refractivity contribution is -0.137. The zero-order valence-corrected chi connectivity index (χ0v) is 11.7. The second-order valence-corrected chi connectivity index (χ2v) is 5.12. The van der Waals surface area contributed by atoms with Crippen LogP contribution in [0.3, 0.4) is 0 Å². The number of rotatable bonds is 9. The molecule has 0 radical (unpaired) electrons. The molecule has 1 atom stereocenters. The molecule has 1 aliphatic rings. The third-order valence-electron chi connectivity index (χ3n) is 3.49. The first kappa shape index (κ1) is 15.7. The number of carboxylic acids is 1. The predicted octanol–water partition coefficient (Wildman–Crippen LogP) is 3.89. The minimum absolute atomic E-state index is 0.159. The molecule has 1 unspecified atom stereocenters. The molecule has 1 rings (SSSR count). The van der Waals surface area contributed by atoms with Crippen LogP contribution < -0.4 is 0 Å². The van der Waals surface area contributed by atoms with Gasteiger partial charge in [0.15, 0.2) is 5.78 Å². The maximum atomic E-state index is 11.7. The van der Waals surface area contributed by atoms with Crippen LogP contribution in [0.2, 0.25) is 0 Å². The number of aliphatic carboxylic acids is 1. The van der Waals surface area contributed by atoms with Crippen molar-refractivity contribution < 1.29 is 14.7 Å². The number of allylic oxidation sites excluding steroid dienone is 4. The molecule has 0 bridgehead atoms. The lowest BCUT2D eigenvalue weighted by Crippen LogP contribution is -2.03. The van der Waals surface area contributed by atoms with Gasteiger partial charge in [0.25, 0.3) is 0 Å². The smallest absolute Gasteiger partial charge is 0.303 e. The van der Waals surface area contributed by atoms with Gasteiger partial charge in [-0.2, -0.15) is 0 Å². The standard InChI is InChI=1S/C16H24O3/c1-2-3-8-13-11-12-15(17)14(13)9-6-4-5-7-10-16(18)19/h9,11-13H,2-8,10H2,1H3,(H,18,19)/b14-9-. The third-order valence-corrected chi connectivity index (χ3v) is 3.49. The summed E-state index contributed by atoms with van der Waals surface area (Å²) >= 11 is 0. The molecule has 0 aromatic rings. The number of carbonyl (C=O) groups is 2. The molecule has 0 saturated carbocycles. The van der Waals surface area contributed by atoms with E-state index in [1.807, 2.05) is 6.08 Å². The van der Waals surface area contributed by atoms with Crippen LogP contribution in [0.4, 0.5) is 0 Å². The minimum Gasteiger partial charge on any atom is -0.481 e. The van der Waals surface area contributed by atoms with Gasteiger partial charge in [0, 0.05) is 17.9 Å². The van der Waals surface area contributed by atoms with Crippen molar-refractivity contribution in [2.45, 2.75) is 58.3 Å². The molecule has 1 aliphatic carbocycles. The fourth-order valence-corrected chi connectivity index (χ4v) is 2.37. The van der Waals surface area contributed by atoms with Crippen LogP contribution in [-0.2, 0) is 9.59 Å². The van der Waals surface area contributed by atoms with E-state index in [0.29, 0.717) is 5.92 Å². The molecule has 0 saturated heterocycles. The molecule has 1 N–H and O–H groups in total. The Kier molecular flexibility index (Phi) is 7.16. The molecule has 3 nitrogen and oxygen atoms in total. The number of carbonyl (C=O) groups excluding carboxylic acids is 1. The van der Waals surface area contributed by atoms with Gasteiger partial charge in [-0.3, -0.25) is 9.59 Å². The number of ketones is 1. The Hall–Kier alpha value is -1.38. The van der Waals surface area contributed by atoms with Crippen LogP contribution in [0, 0.1) is 5.92 Å². The summed E-state index contributed by atoms with van der Waals surface area (Å²) < 4.78 is 0. The van der Waals surface area contributed by atoms with Crippen LogP contribution in [0.5, 0.6) is 0 Å². The Balaban J connectivity index is 2.29. The van der Waals surface area contributed by atoms with Crippen LogP contribution >= 0.6 is 0 Å². The van der Waals surface area contributed by atoms with E-state index >= 15 is 0 Å². The van der Waals surface area contributed by atoms with Gasteiger partial charge in [-0.25, -0.2) is 0 Å². The molecule has 0 aromatic carbocycles. The Bertz CT molecular complexity index is 366. The maximum absolute atomic E-state index is 11.7. The highest BCUT2D eigenvalue weighted by Gasteiger charge is 2.21. The van der Waals surface area contributed by atoms with E-state index < -0.39 is 5.97 Å². The molecule has 0 aromatic heterocycles. The molecule has 106 valence electrons. The van der Waals surface area contributed by atoms with E-state index in [0.717, 1.165) is 50.5 Å². The first-order valence-electron chi connectivity index (χ1n) is 7.29. The summed E-state index contributed by atoms with van der Waals surface area (Å²) in [5, 5.41) is 8.53. The first-order chi connectivity index (χ1) is 9.15. The average Bonchev–Trinajstić information content (AvgIpc) is 2.72. The first-order valence-corrected chi connectivity index (χ1v) is 7.29. The van der Waals surface area contributed by atoms with E-state index in [2.05, 4.69) is 13.0 Å². The Morgan fingerprint density at radius 1 is 1.32 bits per heavy atom. The predicted molar refractivity (Wildman–Crippen MR) is 76.0 cm³/mol. The Morgan fingerprint density at radius 2 is 2.11 bits per heavy atom. The fraction of sp³-hybridized carbons (Fsp3) is 0.625. The number of unbranched alkanes of at least 4 members (excludes halogenated alkanes) is 4. The van der Waals surface area contributed by atoms with Gasteiger partial charge >= 0.3 is 5.97 Å². The molecule has 0 fully saturated rings. The molecule has 3 heteroatoms. The molecule has 0 spiro atoms. The lowest BCUT2D eigenvalue weighted by atomic mass is 9.95. The normalized spacial score (nSPS) is 20.4. The number of carboxylic acid groups (broad SMARTS) is 1. The highest BCUT2D eigenvalue weighted by molar-refractivity contribution is 6.07. The van der Waals surface area contributed by atoms with Gasteiger partial charge in [0.05, 0.1) is 0 Å². The van der Waals surface area contributed by atoms with E-state index in [1.165, 1.54) is 0 Å². The highest BCUT2D eigenvalue weighted by atomic mass is 16.4. The van der Waals surface area contributed by atoms with Crippen LogP contribution in [0.1, 0.15) is 58.3 Å². The molecular weight excluding hydrogens is 240 g/mol. The topological polar surface area (TPSA) is 54.4 Å². The van der Waals surface area contributed by atoms with Gasteiger partial charge in [-0.15, -0.1) is 0 Å². The monoisotopic (exact) mass is 264 g/mol. The summed E-state index contributed by atoms with van der Waals surface area (Å²) in [6, 6.07) is 0. The zero-order chi connectivity index (χ0) is 14.1. The summed E-state index contributed by atoms with van der Waals surface area (Å²) in [5.74, 6) is -0.258. The SMILES string of the molecule is CCCCC1C=CC(=O)/C1=C\CCCCCC(=O)O. The van der Waals surface area contributed by atoms with Crippen molar-refractivity contribution >= 4 is 11.8 Å². The van der Waals surface area contributed by atoms with Gasteiger partial charge < -0.3 is 5.11 Å². The van der Waals surface area contributed by atoms with Gasteiger partial charge in [0.1, 0.15) is 0 Å². The lowest BCUT2D eigenvalue weighted by Gasteiger charge is -2.09. The van der Waals surface area contributed by atoms with Crippen molar-refractivity contribution in [3.05, 3.63) is 23.8 Å².